The molecule has 0 aliphatic carbocycles. The molecule has 5 heteroatoms. The SMILES string of the molecule is COCc1cccc(C(=O)N2C[C@H](OC)[C@]3(CCCO3)C2)c1. The van der Waals surface area contributed by atoms with Crippen LogP contribution in [0.1, 0.15) is 28.8 Å². The van der Waals surface area contributed by atoms with Gasteiger partial charge in [-0.05, 0) is 30.5 Å². The van der Waals surface area contributed by atoms with Crippen LogP contribution in [0, 0.1) is 0 Å². The number of hydrogen-bond acceptors (Lipinski definition) is 4. The number of methoxy groups -OCH3 is 2. The second-order valence-electron chi connectivity index (χ2n) is 6.06. The molecule has 2 fully saturated rings. The lowest BCUT2D eigenvalue weighted by atomic mass is 9.96. The summed E-state index contributed by atoms with van der Waals surface area (Å²) in [5.74, 6) is 0.0346. The standard InChI is InChI=1S/C17H23NO4/c1-20-11-13-5-3-6-14(9-13)16(19)18-10-15(21-2)17(12-18)7-4-8-22-17/h3,5-6,9,15H,4,7-8,10-12H2,1-2H3/t15-,17-/m0/s1. The molecule has 2 aliphatic heterocycles. The van der Waals surface area contributed by atoms with E-state index in [0.717, 1.165) is 25.0 Å². The minimum Gasteiger partial charge on any atom is -0.380 e. The largest absolute Gasteiger partial charge is 0.380 e. The summed E-state index contributed by atoms with van der Waals surface area (Å²) in [6.45, 7) is 2.46. The second kappa shape index (κ2) is 6.36. The van der Waals surface area contributed by atoms with Crippen molar-refractivity contribution in [2.24, 2.45) is 0 Å². The molecule has 2 atom stereocenters. The minimum absolute atomic E-state index is 0.0346. The first-order valence-electron chi connectivity index (χ1n) is 7.72. The van der Waals surface area contributed by atoms with Crippen molar-refractivity contribution < 1.29 is 19.0 Å². The fourth-order valence-electron chi connectivity index (χ4n) is 3.54. The van der Waals surface area contributed by atoms with Crippen LogP contribution in [0.5, 0.6) is 0 Å². The normalized spacial score (nSPS) is 27.7. The smallest absolute Gasteiger partial charge is 0.254 e. The topological polar surface area (TPSA) is 48.0 Å². The number of hydrogen-bond donors (Lipinski definition) is 0. The van der Waals surface area contributed by atoms with Gasteiger partial charge in [0.2, 0.25) is 0 Å². The molecule has 0 aromatic heterocycles. The molecule has 0 bridgehead atoms. The van der Waals surface area contributed by atoms with E-state index in [4.69, 9.17) is 14.2 Å². The Labute approximate surface area is 131 Å². The number of rotatable bonds is 4. The lowest BCUT2D eigenvalue weighted by molar-refractivity contribution is -0.0754. The molecular formula is C17H23NO4. The first-order valence-corrected chi connectivity index (χ1v) is 7.72. The highest BCUT2D eigenvalue weighted by Gasteiger charge is 2.51. The molecule has 0 saturated carbocycles. The average molecular weight is 305 g/mol. The number of ether oxygens (including phenoxy) is 3. The summed E-state index contributed by atoms with van der Waals surface area (Å²) in [4.78, 5) is 14.6. The lowest BCUT2D eigenvalue weighted by Crippen LogP contribution is -2.42. The Morgan fingerprint density at radius 1 is 1.45 bits per heavy atom. The third-order valence-corrected chi connectivity index (χ3v) is 4.62. The Morgan fingerprint density at radius 2 is 2.32 bits per heavy atom. The summed E-state index contributed by atoms with van der Waals surface area (Å²) in [5.41, 5.74) is 1.39. The highest BCUT2D eigenvalue weighted by Crippen LogP contribution is 2.37. The maximum atomic E-state index is 12.8. The van der Waals surface area contributed by atoms with Crippen LogP contribution >= 0.6 is 0 Å². The first kappa shape index (κ1) is 15.5. The zero-order valence-corrected chi connectivity index (χ0v) is 13.2. The van der Waals surface area contributed by atoms with Crippen LogP contribution in [0.3, 0.4) is 0 Å². The third-order valence-electron chi connectivity index (χ3n) is 4.62. The summed E-state index contributed by atoms with van der Waals surface area (Å²) >= 11 is 0. The van der Waals surface area contributed by atoms with Crippen LogP contribution in [0.2, 0.25) is 0 Å². The van der Waals surface area contributed by atoms with Crippen molar-refractivity contribution in [1.29, 1.82) is 0 Å². The Morgan fingerprint density at radius 3 is 3.00 bits per heavy atom. The molecule has 120 valence electrons. The summed E-state index contributed by atoms with van der Waals surface area (Å²) in [6.07, 6.45) is 1.95. The van der Waals surface area contributed by atoms with Gasteiger partial charge in [-0.1, -0.05) is 12.1 Å². The summed E-state index contributed by atoms with van der Waals surface area (Å²) in [6, 6.07) is 7.61. The Kier molecular flexibility index (Phi) is 4.47. The molecule has 1 amide bonds. The Hall–Kier alpha value is -1.43. The van der Waals surface area contributed by atoms with Crippen LogP contribution in [0.15, 0.2) is 24.3 Å². The molecule has 2 aliphatic rings. The average Bonchev–Trinajstić information content (AvgIpc) is 3.15. The lowest BCUT2D eigenvalue weighted by Gasteiger charge is -2.27. The van der Waals surface area contributed by atoms with Crippen molar-refractivity contribution in [2.45, 2.75) is 31.2 Å². The van der Waals surface area contributed by atoms with E-state index in [1.807, 2.05) is 29.2 Å². The molecule has 0 unspecified atom stereocenters. The van der Waals surface area contributed by atoms with E-state index < -0.39 is 0 Å². The van der Waals surface area contributed by atoms with Gasteiger partial charge in [-0.25, -0.2) is 0 Å². The maximum Gasteiger partial charge on any atom is 0.254 e. The number of likely N-dealkylation sites (tertiary alicyclic amines) is 1. The van der Waals surface area contributed by atoms with Crippen LogP contribution in [-0.2, 0) is 20.8 Å². The van der Waals surface area contributed by atoms with Gasteiger partial charge < -0.3 is 19.1 Å². The number of amides is 1. The highest BCUT2D eigenvalue weighted by molar-refractivity contribution is 5.94. The summed E-state index contributed by atoms with van der Waals surface area (Å²) in [5, 5.41) is 0. The molecule has 1 aromatic carbocycles. The molecule has 1 spiro atoms. The molecule has 2 heterocycles. The summed E-state index contributed by atoms with van der Waals surface area (Å²) in [7, 11) is 3.35. The fourth-order valence-corrected chi connectivity index (χ4v) is 3.54. The molecule has 22 heavy (non-hydrogen) atoms. The van der Waals surface area contributed by atoms with Crippen LogP contribution in [-0.4, -0.2) is 56.4 Å². The van der Waals surface area contributed by atoms with Gasteiger partial charge in [0, 0.05) is 26.4 Å². The van der Waals surface area contributed by atoms with E-state index in [1.165, 1.54) is 0 Å². The maximum absolute atomic E-state index is 12.8. The van der Waals surface area contributed by atoms with E-state index in [2.05, 4.69) is 0 Å². The van der Waals surface area contributed by atoms with Crippen molar-refractivity contribution in [3.63, 3.8) is 0 Å². The van der Waals surface area contributed by atoms with Crippen LogP contribution < -0.4 is 0 Å². The molecule has 5 nitrogen and oxygen atoms in total. The van der Waals surface area contributed by atoms with Gasteiger partial charge in [-0.3, -0.25) is 4.79 Å². The molecule has 3 rings (SSSR count). The Bertz CT molecular complexity index is 539. The number of carbonyl (C=O) groups is 1. The highest BCUT2D eigenvalue weighted by atomic mass is 16.6. The van der Waals surface area contributed by atoms with Gasteiger partial charge in [0.05, 0.1) is 19.7 Å². The number of nitrogens with zero attached hydrogens (tertiary/aromatic N) is 1. The van der Waals surface area contributed by atoms with E-state index in [1.54, 1.807) is 14.2 Å². The molecule has 1 aromatic rings. The van der Waals surface area contributed by atoms with Gasteiger partial charge >= 0.3 is 0 Å². The van der Waals surface area contributed by atoms with Gasteiger partial charge in [0.15, 0.2) is 0 Å². The zero-order valence-electron chi connectivity index (χ0n) is 13.2. The van der Waals surface area contributed by atoms with Crippen molar-refractivity contribution in [1.82, 2.24) is 4.90 Å². The Balaban J connectivity index is 1.77. The van der Waals surface area contributed by atoms with E-state index in [-0.39, 0.29) is 17.6 Å². The van der Waals surface area contributed by atoms with Crippen molar-refractivity contribution >= 4 is 5.91 Å². The first-order chi connectivity index (χ1) is 10.7. The van der Waals surface area contributed by atoms with Crippen molar-refractivity contribution in [3.05, 3.63) is 35.4 Å². The number of benzene rings is 1. The minimum atomic E-state index is -0.311. The quantitative estimate of drug-likeness (QED) is 0.852. The van der Waals surface area contributed by atoms with Gasteiger partial charge in [0.25, 0.3) is 5.91 Å². The molecule has 0 radical (unpaired) electrons. The predicted molar refractivity (Wildman–Crippen MR) is 81.8 cm³/mol. The van der Waals surface area contributed by atoms with Crippen molar-refractivity contribution in [3.8, 4) is 0 Å². The zero-order chi connectivity index (χ0) is 15.6. The summed E-state index contributed by atoms with van der Waals surface area (Å²) < 4.78 is 16.7. The van der Waals surface area contributed by atoms with Gasteiger partial charge in [-0.2, -0.15) is 0 Å². The third kappa shape index (κ3) is 2.76. The second-order valence-corrected chi connectivity index (χ2v) is 6.06. The van der Waals surface area contributed by atoms with Gasteiger partial charge in [0.1, 0.15) is 11.7 Å². The van der Waals surface area contributed by atoms with E-state index in [0.29, 0.717) is 25.3 Å². The predicted octanol–water partition coefficient (Wildman–Crippen LogP) is 1.85. The molecular weight excluding hydrogens is 282 g/mol. The van der Waals surface area contributed by atoms with Gasteiger partial charge in [-0.15, -0.1) is 0 Å². The van der Waals surface area contributed by atoms with Crippen molar-refractivity contribution in [2.75, 3.05) is 33.9 Å². The van der Waals surface area contributed by atoms with E-state index >= 15 is 0 Å². The number of carbonyl (C=O) groups excluding carboxylic acids is 1. The van der Waals surface area contributed by atoms with Crippen LogP contribution in [0.25, 0.3) is 0 Å². The van der Waals surface area contributed by atoms with E-state index in [9.17, 15) is 4.79 Å². The van der Waals surface area contributed by atoms with Crippen LogP contribution in [0.4, 0.5) is 0 Å². The molecule has 2 saturated heterocycles. The fraction of sp³-hybridized carbons (Fsp3) is 0.588. The monoisotopic (exact) mass is 305 g/mol. The molecule has 0 N–H and O–H groups in total.